The van der Waals surface area contributed by atoms with Crippen molar-refractivity contribution in [2.24, 2.45) is 0 Å². The molecule has 19 heavy (non-hydrogen) atoms. The van der Waals surface area contributed by atoms with Gasteiger partial charge < -0.3 is 5.11 Å². The number of aliphatic hydroxyl groups excluding tert-OH is 1. The maximum Gasteiger partial charge on any atom is 0.401 e. The van der Waals surface area contributed by atoms with Crippen molar-refractivity contribution in [1.82, 2.24) is 4.90 Å². The lowest BCUT2D eigenvalue weighted by Gasteiger charge is -2.26. The van der Waals surface area contributed by atoms with E-state index in [0.29, 0.717) is 5.56 Å². The summed E-state index contributed by atoms with van der Waals surface area (Å²) in [4.78, 5) is 1.34. The Morgan fingerprint density at radius 1 is 1.26 bits per heavy atom. The van der Waals surface area contributed by atoms with Crippen molar-refractivity contribution in [2.75, 3.05) is 13.1 Å². The van der Waals surface area contributed by atoms with Crippen molar-refractivity contribution in [3.8, 4) is 0 Å². The van der Waals surface area contributed by atoms with Gasteiger partial charge in [0, 0.05) is 12.6 Å². The number of nitrogens with zero attached hydrogens (tertiary/aromatic N) is 1. The van der Waals surface area contributed by atoms with Gasteiger partial charge in [-0.05, 0) is 25.3 Å². The second-order valence-electron chi connectivity index (χ2n) is 5.20. The van der Waals surface area contributed by atoms with Crippen molar-refractivity contribution in [3.63, 3.8) is 0 Å². The van der Waals surface area contributed by atoms with Crippen LogP contribution in [0.2, 0.25) is 0 Å². The van der Waals surface area contributed by atoms with Gasteiger partial charge in [0.15, 0.2) is 0 Å². The maximum atomic E-state index is 12.5. The number of alkyl halides is 3. The highest BCUT2D eigenvalue weighted by Gasteiger charge is 2.38. The second kappa shape index (κ2) is 5.51. The van der Waals surface area contributed by atoms with E-state index in [9.17, 15) is 18.3 Å². The molecule has 1 N–H and O–H groups in total. The Bertz CT molecular complexity index is 412. The van der Waals surface area contributed by atoms with Crippen LogP contribution in [-0.2, 0) is 0 Å². The van der Waals surface area contributed by atoms with Crippen molar-refractivity contribution in [2.45, 2.75) is 38.1 Å². The normalized spacial score (nSPS) is 17.8. The summed E-state index contributed by atoms with van der Waals surface area (Å²) in [7, 11) is 0. The Morgan fingerprint density at radius 3 is 2.32 bits per heavy atom. The van der Waals surface area contributed by atoms with Crippen LogP contribution >= 0.6 is 0 Å². The fourth-order valence-electron chi connectivity index (χ4n) is 2.13. The van der Waals surface area contributed by atoms with Gasteiger partial charge in [0.1, 0.15) is 0 Å². The van der Waals surface area contributed by atoms with E-state index in [2.05, 4.69) is 0 Å². The van der Waals surface area contributed by atoms with Crippen molar-refractivity contribution < 1.29 is 18.3 Å². The lowest BCUT2D eigenvalue weighted by Crippen LogP contribution is -2.38. The number of aliphatic hydroxyl groups is 1. The zero-order valence-corrected chi connectivity index (χ0v) is 10.8. The van der Waals surface area contributed by atoms with Crippen LogP contribution in [0.3, 0.4) is 0 Å². The highest BCUT2D eigenvalue weighted by atomic mass is 19.4. The van der Waals surface area contributed by atoms with Crippen molar-refractivity contribution in [1.29, 1.82) is 0 Å². The third-order valence-electron chi connectivity index (χ3n) is 3.32. The Hall–Kier alpha value is -1.07. The van der Waals surface area contributed by atoms with Gasteiger partial charge >= 0.3 is 6.18 Å². The fourth-order valence-corrected chi connectivity index (χ4v) is 2.13. The van der Waals surface area contributed by atoms with Gasteiger partial charge in [0.25, 0.3) is 0 Å². The molecule has 0 spiro atoms. The van der Waals surface area contributed by atoms with E-state index in [4.69, 9.17) is 0 Å². The van der Waals surface area contributed by atoms with Crippen molar-refractivity contribution in [3.05, 3.63) is 35.4 Å². The van der Waals surface area contributed by atoms with E-state index < -0.39 is 18.8 Å². The topological polar surface area (TPSA) is 23.5 Å². The summed E-state index contributed by atoms with van der Waals surface area (Å²) in [5, 5.41) is 10.0. The highest BCUT2D eigenvalue weighted by molar-refractivity contribution is 5.23. The first-order valence-corrected chi connectivity index (χ1v) is 6.40. The average molecular weight is 273 g/mol. The summed E-state index contributed by atoms with van der Waals surface area (Å²) in [6, 6.07) is 7.20. The molecule has 2 rings (SSSR count). The van der Waals surface area contributed by atoms with Gasteiger partial charge in [-0.25, -0.2) is 0 Å². The summed E-state index contributed by atoms with van der Waals surface area (Å²) in [6.07, 6.45) is -3.51. The molecule has 1 atom stereocenters. The fraction of sp³-hybridized carbons (Fsp3) is 0.571. The molecule has 0 heterocycles. The first-order valence-electron chi connectivity index (χ1n) is 6.40. The van der Waals surface area contributed by atoms with E-state index in [-0.39, 0.29) is 12.6 Å². The molecule has 0 aromatic heterocycles. The molecule has 1 aromatic rings. The highest BCUT2D eigenvalue weighted by Crippen LogP contribution is 2.31. The van der Waals surface area contributed by atoms with E-state index in [1.165, 1.54) is 4.90 Å². The summed E-state index contributed by atoms with van der Waals surface area (Å²) in [5.41, 5.74) is 1.73. The van der Waals surface area contributed by atoms with E-state index in [0.717, 1.165) is 18.4 Å². The summed E-state index contributed by atoms with van der Waals surface area (Å²) in [5.74, 6) is 0. The molecule has 0 aliphatic heterocycles. The minimum absolute atomic E-state index is 0.0262. The number of benzene rings is 1. The van der Waals surface area contributed by atoms with Gasteiger partial charge in [0.05, 0.1) is 12.6 Å². The number of hydrogen-bond donors (Lipinski definition) is 1. The monoisotopic (exact) mass is 273 g/mol. The molecule has 1 aliphatic rings. The summed E-state index contributed by atoms with van der Waals surface area (Å²) < 4.78 is 37.4. The van der Waals surface area contributed by atoms with Crippen LogP contribution in [-0.4, -0.2) is 35.3 Å². The van der Waals surface area contributed by atoms with Gasteiger partial charge in [-0.1, -0.05) is 29.8 Å². The van der Waals surface area contributed by atoms with Crippen LogP contribution in [0.5, 0.6) is 0 Å². The van der Waals surface area contributed by atoms with Crippen LogP contribution in [0.1, 0.15) is 30.1 Å². The zero-order valence-electron chi connectivity index (χ0n) is 10.8. The summed E-state index contributed by atoms with van der Waals surface area (Å²) >= 11 is 0. The molecule has 0 saturated heterocycles. The average Bonchev–Trinajstić information content (AvgIpc) is 3.10. The number of rotatable bonds is 5. The quantitative estimate of drug-likeness (QED) is 0.891. The molecular weight excluding hydrogens is 255 g/mol. The minimum Gasteiger partial charge on any atom is -0.387 e. The molecule has 2 nitrogen and oxygen atoms in total. The molecular formula is C14H18F3NO. The summed E-state index contributed by atoms with van der Waals surface area (Å²) in [6.45, 7) is 1.02. The van der Waals surface area contributed by atoms with Crippen LogP contribution < -0.4 is 0 Å². The predicted molar refractivity (Wildman–Crippen MR) is 66.8 cm³/mol. The lowest BCUT2D eigenvalue weighted by atomic mass is 10.1. The van der Waals surface area contributed by atoms with Crippen LogP contribution in [0.15, 0.2) is 24.3 Å². The Balaban J connectivity index is 1.98. The molecule has 0 radical (unpaired) electrons. The second-order valence-corrected chi connectivity index (χ2v) is 5.20. The van der Waals surface area contributed by atoms with Crippen LogP contribution in [0.4, 0.5) is 13.2 Å². The number of aryl methyl sites for hydroxylation is 1. The Morgan fingerprint density at radius 2 is 1.84 bits per heavy atom. The molecule has 1 aromatic carbocycles. The number of halogens is 3. The molecule has 106 valence electrons. The van der Waals surface area contributed by atoms with Gasteiger partial charge in [-0.15, -0.1) is 0 Å². The van der Waals surface area contributed by atoms with Gasteiger partial charge in [-0.2, -0.15) is 13.2 Å². The molecule has 1 aliphatic carbocycles. The molecule has 1 saturated carbocycles. The maximum absolute atomic E-state index is 12.5. The van der Waals surface area contributed by atoms with Crippen molar-refractivity contribution >= 4 is 0 Å². The number of hydrogen-bond acceptors (Lipinski definition) is 2. The largest absolute Gasteiger partial charge is 0.401 e. The molecule has 1 fully saturated rings. The molecule has 0 amide bonds. The van der Waals surface area contributed by atoms with E-state index >= 15 is 0 Å². The van der Waals surface area contributed by atoms with Crippen LogP contribution in [0.25, 0.3) is 0 Å². The smallest absolute Gasteiger partial charge is 0.387 e. The van der Waals surface area contributed by atoms with Gasteiger partial charge in [-0.3, -0.25) is 4.90 Å². The first-order chi connectivity index (χ1) is 8.85. The molecule has 5 heteroatoms. The Labute approximate surface area is 110 Å². The third kappa shape index (κ3) is 4.51. The van der Waals surface area contributed by atoms with E-state index in [1.807, 2.05) is 19.1 Å². The SMILES string of the molecule is Cc1ccc(C(O)CN(CC(F)(F)F)C2CC2)cc1. The Kier molecular flexibility index (Phi) is 4.16. The standard InChI is InChI=1S/C14H18F3NO/c1-10-2-4-11(5-3-10)13(19)8-18(12-6-7-12)9-14(15,16)17/h2-5,12-13,19H,6-9H2,1H3. The minimum atomic E-state index is -4.21. The van der Waals surface area contributed by atoms with Crippen LogP contribution in [0, 0.1) is 6.92 Å². The third-order valence-corrected chi connectivity index (χ3v) is 3.32. The van der Waals surface area contributed by atoms with Gasteiger partial charge in [0.2, 0.25) is 0 Å². The van der Waals surface area contributed by atoms with E-state index in [1.54, 1.807) is 12.1 Å². The lowest BCUT2D eigenvalue weighted by molar-refractivity contribution is -0.149. The predicted octanol–water partition coefficient (Wildman–Crippen LogP) is 3.06. The molecule has 0 bridgehead atoms. The molecule has 1 unspecified atom stereocenters. The zero-order chi connectivity index (χ0) is 14.0. The first kappa shape index (κ1) is 14.3.